The number of rotatable bonds is 9. The summed E-state index contributed by atoms with van der Waals surface area (Å²) in [4.78, 5) is 12.5. The van der Waals surface area contributed by atoms with Crippen LogP contribution in [0.4, 0.5) is 4.39 Å². The van der Waals surface area contributed by atoms with E-state index in [9.17, 15) is 17.6 Å². The van der Waals surface area contributed by atoms with Gasteiger partial charge in [-0.2, -0.15) is 4.31 Å². The van der Waals surface area contributed by atoms with E-state index in [0.29, 0.717) is 35.6 Å². The summed E-state index contributed by atoms with van der Waals surface area (Å²) in [6, 6.07) is 11.7. The molecule has 2 aromatic carbocycles. The normalized spacial score (nSPS) is 19.9. The average Bonchev–Trinajstić information content (AvgIpc) is 2.79. The van der Waals surface area contributed by atoms with E-state index in [2.05, 4.69) is 5.32 Å². The Balaban J connectivity index is 1.84. The lowest BCUT2D eigenvalue weighted by molar-refractivity contribution is 0.0905. The fourth-order valence-electron chi connectivity index (χ4n) is 4.05. The zero-order valence-electron chi connectivity index (χ0n) is 18.8. The van der Waals surface area contributed by atoms with Crippen LogP contribution < -0.4 is 5.32 Å². The standard InChI is InChI=1S/C24H30ClFN2O4S/c1-17(16-32-2)27-24(29)19-9-7-18(8-10-19)15-28(23-6-4-3-5-22(23)26)33(30,31)21-13-11-20(25)12-14-21/h7-14,17,22-23H,3-6,15-16H2,1-2H3,(H,27,29)/t17?,22-,23?/m1/s1. The average molecular weight is 497 g/mol. The number of hydrogen-bond donors (Lipinski definition) is 1. The number of benzene rings is 2. The van der Waals surface area contributed by atoms with Crippen LogP contribution in [0.3, 0.4) is 0 Å². The summed E-state index contributed by atoms with van der Waals surface area (Å²) in [5, 5.41) is 3.26. The van der Waals surface area contributed by atoms with Gasteiger partial charge in [-0.25, -0.2) is 12.8 Å². The lowest BCUT2D eigenvalue weighted by Gasteiger charge is -2.35. The molecule has 0 saturated heterocycles. The molecular formula is C24H30ClFN2O4S. The van der Waals surface area contributed by atoms with E-state index in [4.69, 9.17) is 16.3 Å². The molecule has 0 bridgehead atoms. The topological polar surface area (TPSA) is 75.7 Å². The van der Waals surface area contributed by atoms with Gasteiger partial charge in [0.2, 0.25) is 10.0 Å². The number of hydrogen-bond acceptors (Lipinski definition) is 4. The SMILES string of the molecule is COCC(C)NC(=O)c1ccc(CN(C2CCCC[C@H]2F)S(=O)(=O)c2ccc(Cl)cc2)cc1. The van der Waals surface area contributed by atoms with Crippen LogP contribution in [0.5, 0.6) is 0 Å². The monoisotopic (exact) mass is 496 g/mol. The molecule has 1 aliphatic carbocycles. The van der Waals surface area contributed by atoms with Crippen molar-refractivity contribution in [3.63, 3.8) is 0 Å². The molecule has 2 unspecified atom stereocenters. The highest BCUT2D eigenvalue weighted by Gasteiger charge is 2.38. The number of amides is 1. The number of nitrogens with one attached hydrogen (secondary N) is 1. The molecule has 1 aliphatic rings. The summed E-state index contributed by atoms with van der Waals surface area (Å²) in [7, 11) is -2.39. The highest BCUT2D eigenvalue weighted by Crippen LogP contribution is 2.32. The van der Waals surface area contributed by atoms with Gasteiger partial charge in [0.05, 0.1) is 17.5 Å². The number of methoxy groups -OCH3 is 1. The Kier molecular flexibility index (Phi) is 8.87. The van der Waals surface area contributed by atoms with Gasteiger partial charge in [0.15, 0.2) is 0 Å². The molecule has 6 nitrogen and oxygen atoms in total. The van der Waals surface area contributed by atoms with E-state index in [1.54, 1.807) is 31.4 Å². The summed E-state index contributed by atoms with van der Waals surface area (Å²) >= 11 is 5.92. The maximum absolute atomic E-state index is 14.9. The molecule has 0 aromatic heterocycles. The van der Waals surface area contributed by atoms with Gasteiger partial charge in [-0.3, -0.25) is 4.79 Å². The summed E-state index contributed by atoms with van der Waals surface area (Å²) in [6.07, 6.45) is 1.10. The van der Waals surface area contributed by atoms with Gasteiger partial charge in [0, 0.05) is 30.3 Å². The fourth-order valence-corrected chi connectivity index (χ4v) is 5.84. The zero-order valence-corrected chi connectivity index (χ0v) is 20.4. The molecule has 3 atom stereocenters. The Hall–Kier alpha value is -2.00. The van der Waals surface area contributed by atoms with Gasteiger partial charge in [0.25, 0.3) is 5.91 Å². The van der Waals surface area contributed by atoms with Crippen molar-refractivity contribution in [3.8, 4) is 0 Å². The first kappa shape index (κ1) is 25.6. The smallest absolute Gasteiger partial charge is 0.251 e. The number of ether oxygens (including phenoxy) is 1. The molecule has 0 radical (unpaired) electrons. The molecule has 9 heteroatoms. The van der Waals surface area contributed by atoms with Crippen LogP contribution in [-0.2, 0) is 21.3 Å². The van der Waals surface area contributed by atoms with E-state index in [0.717, 1.165) is 12.8 Å². The van der Waals surface area contributed by atoms with E-state index in [-0.39, 0.29) is 23.4 Å². The maximum Gasteiger partial charge on any atom is 0.251 e. The Labute approximate surface area is 200 Å². The molecule has 180 valence electrons. The van der Waals surface area contributed by atoms with Crippen LogP contribution >= 0.6 is 11.6 Å². The fraction of sp³-hybridized carbons (Fsp3) is 0.458. The molecule has 3 rings (SSSR count). The molecule has 2 aromatic rings. The third-order valence-corrected chi connectivity index (χ3v) is 7.92. The molecule has 33 heavy (non-hydrogen) atoms. The van der Waals surface area contributed by atoms with Gasteiger partial charge in [-0.15, -0.1) is 0 Å². The zero-order chi connectivity index (χ0) is 24.0. The minimum Gasteiger partial charge on any atom is -0.383 e. The highest BCUT2D eigenvalue weighted by molar-refractivity contribution is 7.89. The minimum atomic E-state index is -3.96. The number of carbonyl (C=O) groups excluding carboxylic acids is 1. The van der Waals surface area contributed by atoms with Crippen molar-refractivity contribution in [2.75, 3.05) is 13.7 Å². The summed E-state index contributed by atoms with van der Waals surface area (Å²) in [5.41, 5.74) is 1.13. The molecule has 1 amide bonds. The van der Waals surface area contributed by atoms with Crippen LogP contribution in [0, 0.1) is 0 Å². The molecule has 1 N–H and O–H groups in total. The van der Waals surface area contributed by atoms with E-state index in [1.165, 1.54) is 28.6 Å². The Morgan fingerprint density at radius 2 is 1.79 bits per heavy atom. The lowest BCUT2D eigenvalue weighted by atomic mass is 9.93. The predicted octanol–water partition coefficient (Wildman–Crippen LogP) is 4.58. The Morgan fingerprint density at radius 1 is 1.15 bits per heavy atom. The van der Waals surface area contributed by atoms with Crippen molar-refractivity contribution < 1.29 is 22.3 Å². The van der Waals surface area contributed by atoms with Crippen molar-refractivity contribution >= 4 is 27.5 Å². The Morgan fingerprint density at radius 3 is 2.39 bits per heavy atom. The molecule has 1 fully saturated rings. The second-order valence-corrected chi connectivity index (χ2v) is 10.7. The maximum atomic E-state index is 14.9. The Bertz CT molecular complexity index is 1030. The summed E-state index contributed by atoms with van der Waals surface area (Å²) < 4.78 is 48.1. The van der Waals surface area contributed by atoms with Crippen molar-refractivity contribution in [3.05, 3.63) is 64.7 Å². The third-order valence-electron chi connectivity index (χ3n) is 5.79. The van der Waals surface area contributed by atoms with E-state index in [1.807, 2.05) is 6.92 Å². The number of sulfonamides is 1. The quantitative estimate of drug-likeness (QED) is 0.551. The van der Waals surface area contributed by atoms with Crippen molar-refractivity contribution in [2.45, 2.75) is 62.3 Å². The van der Waals surface area contributed by atoms with E-state index >= 15 is 0 Å². The number of carbonyl (C=O) groups is 1. The van der Waals surface area contributed by atoms with E-state index < -0.39 is 22.2 Å². The first-order valence-corrected chi connectivity index (χ1v) is 12.8. The minimum absolute atomic E-state index is 0.0119. The van der Waals surface area contributed by atoms with Gasteiger partial charge >= 0.3 is 0 Å². The van der Waals surface area contributed by atoms with Gasteiger partial charge < -0.3 is 10.1 Å². The van der Waals surface area contributed by atoms with Crippen LogP contribution in [-0.4, -0.2) is 50.6 Å². The third kappa shape index (κ3) is 6.53. The van der Waals surface area contributed by atoms with Crippen LogP contribution in [0.25, 0.3) is 0 Å². The van der Waals surface area contributed by atoms with Gasteiger partial charge in [-0.05, 0) is 61.7 Å². The van der Waals surface area contributed by atoms with Crippen molar-refractivity contribution in [1.82, 2.24) is 9.62 Å². The van der Waals surface area contributed by atoms with Gasteiger partial charge in [-0.1, -0.05) is 36.6 Å². The van der Waals surface area contributed by atoms with Crippen molar-refractivity contribution in [1.29, 1.82) is 0 Å². The number of nitrogens with zero attached hydrogens (tertiary/aromatic N) is 1. The number of halogens is 2. The van der Waals surface area contributed by atoms with Gasteiger partial charge in [0.1, 0.15) is 6.17 Å². The molecule has 0 aliphatic heterocycles. The second kappa shape index (κ2) is 11.4. The van der Waals surface area contributed by atoms with Crippen LogP contribution in [0.2, 0.25) is 5.02 Å². The van der Waals surface area contributed by atoms with Crippen molar-refractivity contribution in [2.24, 2.45) is 0 Å². The summed E-state index contributed by atoms with van der Waals surface area (Å²) in [5.74, 6) is -0.243. The molecule has 1 saturated carbocycles. The second-order valence-electron chi connectivity index (χ2n) is 8.40. The predicted molar refractivity (Wildman–Crippen MR) is 127 cm³/mol. The highest BCUT2D eigenvalue weighted by atomic mass is 35.5. The largest absolute Gasteiger partial charge is 0.383 e. The lowest BCUT2D eigenvalue weighted by Crippen LogP contribution is -2.46. The van der Waals surface area contributed by atoms with Crippen LogP contribution in [0.1, 0.15) is 48.5 Å². The molecule has 0 heterocycles. The first-order chi connectivity index (χ1) is 15.7. The summed E-state index contributed by atoms with van der Waals surface area (Å²) in [6.45, 7) is 2.25. The molecule has 0 spiro atoms. The molecular weight excluding hydrogens is 467 g/mol. The number of alkyl halides is 1. The van der Waals surface area contributed by atoms with Crippen LogP contribution in [0.15, 0.2) is 53.4 Å². The first-order valence-electron chi connectivity index (χ1n) is 11.0.